The summed E-state index contributed by atoms with van der Waals surface area (Å²) >= 11 is 0. The van der Waals surface area contributed by atoms with E-state index < -0.39 is 8.07 Å². The van der Waals surface area contributed by atoms with E-state index in [9.17, 15) is 9.90 Å². The second-order valence-electron chi connectivity index (χ2n) is 15.8. The Hall–Kier alpha value is -3.05. The molecule has 0 bridgehead atoms. The number of hydrogen-bond acceptors (Lipinski definition) is 4. The number of carbonyl (C=O) groups is 1. The molecule has 5 aromatic rings. The number of carbonyl (C=O) groups excluding carboxylic acids is 1. The van der Waals surface area contributed by atoms with Crippen molar-refractivity contribution in [2.75, 3.05) is 0 Å². The van der Waals surface area contributed by atoms with Gasteiger partial charge in [0.1, 0.15) is 11.3 Å². The van der Waals surface area contributed by atoms with E-state index in [4.69, 9.17) is 9.40 Å². The maximum atomic E-state index is 12.2. The molecule has 271 valence electrons. The molecule has 0 amide bonds. The molecule has 0 spiro atoms. The van der Waals surface area contributed by atoms with Crippen molar-refractivity contribution in [3.8, 4) is 11.3 Å². The van der Waals surface area contributed by atoms with Crippen LogP contribution in [0.4, 0.5) is 0 Å². The third kappa shape index (κ3) is 8.87. The number of aliphatic hydroxyl groups is 1. The molecule has 0 aliphatic carbocycles. The van der Waals surface area contributed by atoms with Crippen molar-refractivity contribution < 1.29 is 34.4 Å². The maximum Gasteiger partial charge on any atom is 0.164 e. The number of aryl methyl sites for hydroxylation is 1. The van der Waals surface area contributed by atoms with Gasteiger partial charge in [-0.1, -0.05) is 134 Å². The van der Waals surface area contributed by atoms with Crippen molar-refractivity contribution in [1.82, 2.24) is 4.98 Å². The van der Waals surface area contributed by atoms with Crippen molar-refractivity contribution >= 4 is 51.9 Å². The fourth-order valence-electron chi connectivity index (χ4n) is 6.26. The standard InChI is InChI=1S/C29H30NOSi.C15H28O2.Ir/c1-18(2)13-20-16-27(30-26-12-11-21(17-23(20)26)32(4,5)6)25-15-19(3)14-24-22-9-7-8-10-28(22)31-29(24)25;1-7-14(5,8-2)12(16)11-13(17)15(6,9-3)10-4;/h7-12,14,16-18H,13H2,1-6H3;11,16H,7-10H2,1-6H3;/q-1;;/b;12-11-;. The number of ketones is 1. The Labute approximate surface area is 315 Å². The van der Waals surface area contributed by atoms with Crippen LogP contribution in [0.1, 0.15) is 92.2 Å². The topological polar surface area (TPSA) is 63.3 Å². The van der Waals surface area contributed by atoms with E-state index in [0.29, 0.717) is 5.92 Å². The van der Waals surface area contributed by atoms with Crippen LogP contribution >= 0.6 is 0 Å². The number of aromatic nitrogens is 1. The van der Waals surface area contributed by atoms with Crippen LogP contribution < -0.4 is 5.19 Å². The Morgan fingerprint density at radius 3 is 2.10 bits per heavy atom. The number of hydrogen-bond donors (Lipinski definition) is 1. The van der Waals surface area contributed by atoms with Crippen LogP contribution in [0.5, 0.6) is 0 Å². The molecule has 0 fully saturated rings. The van der Waals surface area contributed by atoms with Crippen LogP contribution in [0, 0.1) is 29.7 Å². The number of fused-ring (bicyclic) bond motifs is 4. The van der Waals surface area contributed by atoms with E-state index in [-0.39, 0.29) is 42.5 Å². The first-order valence-electron chi connectivity index (χ1n) is 18.2. The summed E-state index contributed by atoms with van der Waals surface area (Å²) in [6.45, 7) is 25.9. The van der Waals surface area contributed by atoms with Gasteiger partial charge in [0, 0.05) is 47.8 Å². The Morgan fingerprint density at radius 2 is 1.52 bits per heavy atom. The molecule has 6 heteroatoms. The average Bonchev–Trinajstić information content (AvgIpc) is 3.44. The number of aliphatic hydroxyl groups excluding tert-OH is 1. The third-order valence-corrected chi connectivity index (χ3v) is 12.8. The van der Waals surface area contributed by atoms with Crippen molar-refractivity contribution in [2.45, 2.75) is 114 Å². The number of furan rings is 1. The van der Waals surface area contributed by atoms with Gasteiger partial charge < -0.3 is 9.52 Å². The van der Waals surface area contributed by atoms with Crippen LogP contribution in [0.2, 0.25) is 19.6 Å². The summed E-state index contributed by atoms with van der Waals surface area (Å²) in [6, 6.07) is 23.1. The largest absolute Gasteiger partial charge is 0.512 e. The molecule has 0 saturated heterocycles. The molecular formula is C44H58IrNO3Si-. The summed E-state index contributed by atoms with van der Waals surface area (Å²) in [7, 11) is -1.40. The molecule has 0 aliphatic heterocycles. The van der Waals surface area contributed by atoms with Gasteiger partial charge in [-0.15, -0.1) is 17.7 Å². The van der Waals surface area contributed by atoms with Gasteiger partial charge in [-0.3, -0.25) is 9.78 Å². The Balaban J connectivity index is 0.000000323. The predicted octanol–water partition coefficient (Wildman–Crippen LogP) is 12.3. The van der Waals surface area contributed by atoms with E-state index >= 15 is 0 Å². The summed E-state index contributed by atoms with van der Waals surface area (Å²) < 4.78 is 6.32. The van der Waals surface area contributed by atoms with E-state index in [2.05, 4.69) is 88.9 Å². The van der Waals surface area contributed by atoms with Crippen LogP contribution in [0.25, 0.3) is 44.1 Å². The molecule has 1 radical (unpaired) electrons. The van der Waals surface area contributed by atoms with E-state index in [0.717, 1.165) is 76.4 Å². The number of para-hydroxylation sites is 1. The van der Waals surface area contributed by atoms with E-state index in [1.54, 1.807) is 0 Å². The molecule has 4 nitrogen and oxygen atoms in total. The number of benzene rings is 3. The van der Waals surface area contributed by atoms with Gasteiger partial charge in [-0.05, 0) is 61.4 Å². The van der Waals surface area contributed by atoms with Crippen molar-refractivity contribution in [3.63, 3.8) is 0 Å². The molecule has 5 rings (SSSR count). The van der Waals surface area contributed by atoms with Crippen molar-refractivity contribution in [1.29, 1.82) is 0 Å². The monoisotopic (exact) mass is 869 g/mol. The van der Waals surface area contributed by atoms with Gasteiger partial charge >= 0.3 is 0 Å². The minimum atomic E-state index is -1.40. The second kappa shape index (κ2) is 16.5. The Kier molecular flexibility index (Phi) is 13.7. The summed E-state index contributed by atoms with van der Waals surface area (Å²) in [5.74, 6) is 0.852. The SMILES string of the molecule is CCC(C)(CC)C(=O)/C=C(\O)C(C)(CC)CC.Cc1[c-]c(-c2cc(CC(C)C)c3cc([Si](C)(C)C)ccc3n2)c2oc3ccccc3c2c1.[Ir]. The molecule has 1 N–H and O–H groups in total. The van der Waals surface area contributed by atoms with Gasteiger partial charge in [0.05, 0.1) is 19.2 Å². The molecule has 0 atom stereocenters. The van der Waals surface area contributed by atoms with Crippen molar-refractivity contribution in [3.05, 3.63) is 83.6 Å². The Morgan fingerprint density at radius 1 is 0.900 bits per heavy atom. The van der Waals surface area contributed by atoms with E-state index in [1.165, 1.54) is 22.2 Å². The van der Waals surface area contributed by atoms with Crippen LogP contribution in [-0.2, 0) is 31.3 Å². The molecule has 50 heavy (non-hydrogen) atoms. The van der Waals surface area contributed by atoms with Crippen molar-refractivity contribution in [2.24, 2.45) is 16.7 Å². The zero-order valence-electron chi connectivity index (χ0n) is 32.4. The molecule has 0 aliphatic rings. The first-order valence-corrected chi connectivity index (χ1v) is 21.7. The fraction of sp³-hybridized carbons (Fsp3) is 0.455. The maximum absolute atomic E-state index is 12.2. The quantitative estimate of drug-likeness (QED) is 0.0622. The summed E-state index contributed by atoms with van der Waals surface area (Å²) in [4.78, 5) is 17.3. The van der Waals surface area contributed by atoms with Crippen LogP contribution in [-0.4, -0.2) is 23.9 Å². The summed E-state index contributed by atoms with van der Waals surface area (Å²) in [6.07, 6.45) is 5.78. The van der Waals surface area contributed by atoms with Crippen LogP contribution in [0.15, 0.2) is 70.8 Å². The van der Waals surface area contributed by atoms with E-state index in [1.807, 2.05) is 53.7 Å². The summed E-state index contributed by atoms with van der Waals surface area (Å²) in [5, 5.41) is 15.2. The number of allylic oxidation sites excluding steroid dienone is 2. The molecule has 2 aromatic heterocycles. The molecule has 3 aromatic carbocycles. The number of pyridine rings is 1. The molecule has 0 saturated carbocycles. The van der Waals surface area contributed by atoms with Gasteiger partial charge in [-0.2, -0.15) is 0 Å². The molecule has 2 heterocycles. The number of rotatable bonds is 11. The normalized spacial score (nSPS) is 12.7. The minimum Gasteiger partial charge on any atom is -0.512 e. The zero-order chi connectivity index (χ0) is 36.3. The Bertz CT molecular complexity index is 1970. The zero-order valence-corrected chi connectivity index (χ0v) is 35.8. The predicted molar refractivity (Wildman–Crippen MR) is 213 cm³/mol. The minimum absolute atomic E-state index is 0. The number of nitrogens with zero attached hydrogens (tertiary/aromatic N) is 1. The van der Waals surface area contributed by atoms with Gasteiger partial charge in [-0.25, -0.2) is 0 Å². The smallest absolute Gasteiger partial charge is 0.164 e. The molecular weight excluding hydrogens is 811 g/mol. The van der Waals surface area contributed by atoms with Gasteiger partial charge in [0.2, 0.25) is 0 Å². The first-order chi connectivity index (χ1) is 23.0. The summed E-state index contributed by atoms with van der Waals surface area (Å²) in [5.41, 5.74) is 6.59. The fourth-order valence-corrected chi connectivity index (χ4v) is 7.42. The first kappa shape index (κ1) is 41.4. The van der Waals surface area contributed by atoms with Gasteiger partial charge in [0.25, 0.3) is 0 Å². The third-order valence-electron chi connectivity index (χ3n) is 10.8. The average molecular weight is 869 g/mol. The van der Waals surface area contributed by atoms with Gasteiger partial charge in [0.15, 0.2) is 5.78 Å². The van der Waals surface area contributed by atoms with Crippen LogP contribution in [0.3, 0.4) is 0 Å². The second-order valence-corrected chi connectivity index (χ2v) is 20.9. The molecule has 0 unspecified atom stereocenters.